The smallest absolute Gasteiger partial charge is 0.229 e. The molecule has 0 radical (unpaired) electrons. The number of nitrogens with zero attached hydrogens (tertiary/aromatic N) is 3. The molecule has 90 valence electrons. The molecule has 0 bridgehead atoms. The van der Waals surface area contributed by atoms with Crippen LogP contribution in [0.1, 0.15) is 25.3 Å². The maximum Gasteiger partial charge on any atom is 0.229 e. The van der Waals surface area contributed by atoms with Crippen LogP contribution in [-0.4, -0.2) is 21.9 Å². The highest BCUT2D eigenvalue weighted by atomic mass is 32.1. The third-order valence-corrected chi connectivity index (χ3v) is 2.94. The monoisotopic (exact) mass is 250 g/mol. The molecule has 1 heterocycles. The zero-order valence-corrected chi connectivity index (χ0v) is 10.8. The average molecular weight is 250 g/mol. The van der Waals surface area contributed by atoms with Crippen LogP contribution in [0.3, 0.4) is 0 Å². The zero-order valence-electron chi connectivity index (χ0n) is 9.97. The molecule has 17 heavy (non-hydrogen) atoms. The third-order valence-electron chi connectivity index (χ3n) is 2.43. The van der Waals surface area contributed by atoms with Gasteiger partial charge in [-0.3, -0.25) is 0 Å². The highest BCUT2D eigenvalue weighted by molar-refractivity contribution is 7.09. The molecule has 0 aliphatic heterocycles. The van der Waals surface area contributed by atoms with E-state index in [4.69, 9.17) is 4.74 Å². The summed E-state index contributed by atoms with van der Waals surface area (Å²) in [5.74, 6) is 1.27. The van der Waals surface area contributed by atoms with Crippen molar-refractivity contribution in [2.24, 2.45) is 0 Å². The minimum atomic E-state index is 0.473. The van der Waals surface area contributed by atoms with Gasteiger partial charge in [-0.2, -0.15) is 0 Å². The molecule has 1 aromatic carbocycles. The summed E-state index contributed by atoms with van der Waals surface area (Å²) in [7, 11) is 1.66. The van der Waals surface area contributed by atoms with Crippen molar-refractivity contribution < 1.29 is 4.74 Å². The summed E-state index contributed by atoms with van der Waals surface area (Å²) in [6.07, 6.45) is 0. The molecule has 0 spiro atoms. The van der Waals surface area contributed by atoms with E-state index < -0.39 is 0 Å². The first-order chi connectivity index (χ1) is 8.20. The van der Waals surface area contributed by atoms with Crippen LogP contribution in [0.2, 0.25) is 0 Å². The lowest BCUT2D eigenvalue weighted by atomic mass is 10.0. The second-order valence-corrected chi connectivity index (χ2v) is 4.64. The van der Waals surface area contributed by atoms with Gasteiger partial charge in [-0.25, -0.2) is 0 Å². The van der Waals surface area contributed by atoms with Crippen molar-refractivity contribution in [2.75, 3.05) is 12.4 Å². The summed E-state index contributed by atoms with van der Waals surface area (Å²) in [6, 6.07) is 6.08. The minimum Gasteiger partial charge on any atom is -0.495 e. The number of benzene rings is 1. The van der Waals surface area contributed by atoms with Gasteiger partial charge in [0.1, 0.15) is 5.75 Å². The normalized spacial score (nSPS) is 10.6. The van der Waals surface area contributed by atoms with Gasteiger partial charge in [-0.1, -0.05) is 29.5 Å². The molecular formula is C11H14N4OS. The van der Waals surface area contributed by atoms with Gasteiger partial charge >= 0.3 is 0 Å². The predicted octanol–water partition coefficient (Wildman–Crippen LogP) is 2.81. The molecule has 0 amide bonds. The molecule has 0 atom stereocenters. The Morgan fingerprint density at radius 1 is 1.35 bits per heavy atom. The molecule has 0 aliphatic rings. The van der Waals surface area contributed by atoms with E-state index in [1.54, 1.807) is 7.11 Å². The quantitative estimate of drug-likeness (QED) is 0.904. The van der Waals surface area contributed by atoms with Gasteiger partial charge in [0.25, 0.3) is 0 Å². The SMILES string of the molecule is COc1cc(C(C)C)ccc1Nc1nnns1. The molecule has 0 aliphatic carbocycles. The molecule has 0 saturated heterocycles. The van der Waals surface area contributed by atoms with Crippen LogP contribution >= 0.6 is 11.5 Å². The van der Waals surface area contributed by atoms with Gasteiger partial charge in [0, 0.05) is 11.5 Å². The van der Waals surface area contributed by atoms with E-state index in [0.29, 0.717) is 11.0 Å². The van der Waals surface area contributed by atoms with Crippen molar-refractivity contribution in [1.82, 2.24) is 14.8 Å². The van der Waals surface area contributed by atoms with E-state index in [1.165, 1.54) is 17.1 Å². The molecule has 0 fully saturated rings. The van der Waals surface area contributed by atoms with Crippen LogP contribution in [0.15, 0.2) is 18.2 Å². The average Bonchev–Trinajstić information content (AvgIpc) is 2.82. The fourth-order valence-corrected chi connectivity index (χ4v) is 1.85. The number of hydrogen-bond acceptors (Lipinski definition) is 6. The molecule has 2 rings (SSSR count). The summed E-state index contributed by atoms with van der Waals surface area (Å²) in [4.78, 5) is 0. The molecule has 2 aromatic rings. The number of nitrogens with one attached hydrogen (secondary N) is 1. The Labute approximate surface area is 104 Å². The number of aromatic nitrogens is 3. The minimum absolute atomic E-state index is 0.473. The fourth-order valence-electron chi connectivity index (χ4n) is 1.47. The Balaban J connectivity index is 2.28. The van der Waals surface area contributed by atoms with Crippen LogP contribution in [0.5, 0.6) is 5.75 Å². The van der Waals surface area contributed by atoms with Gasteiger partial charge in [0.15, 0.2) is 0 Å². The van der Waals surface area contributed by atoms with E-state index in [9.17, 15) is 0 Å². The summed E-state index contributed by atoms with van der Waals surface area (Å²) in [6.45, 7) is 4.30. The van der Waals surface area contributed by atoms with Gasteiger partial charge in [0.2, 0.25) is 5.13 Å². The fraction of sp³-hybridized carbons (Fsp3) is 0.364. The molecule has 0 saturated carbocycles. The summed E-state index contributed by atoms with van der Waals surface area (Å²) in [5, 5.41) is 11.2. The summed E-state index contributed by atoms with van der Waals surface area (Å²) < 4.78 is 9.06. The topological polar surface area (TPSA) is 59.9 Å². The van der Waals surface area contributed by atoms with Crippen LogP contribution < -0.4 is 10.1 Å². The van der Waals surface area contributed by atoms with E-state index in [2.05, 4.69) is 40.0 Å². The van der Waals surface area contributed by atoms with E-state index in [0.717, 1.165) is 11.4 Å². The highest BCUT2D eigenvalue weighted by Crippen LogP contribution is 2.30. The van der Waals surface area contributed by atoms with Crippen molar-refractivity contribution in [3.05, 3.63) is 23.8 Å². The van der Waals surface area contributed by atoms with Crippen molar-refractivity contribution in [3.8, 4) is 5.75 Å². The lowest BCUT2D eigenvalue weighted by Gasteiger charge is -2.12. The molecule has 6 heteroatoms. The maximum atomic E-state index is 5.36. The molecular weight excluding hydrogens is 236 g/mol. The van der Waals surface area contributed by atoms with E-state index >= 15 is 0 Å². The van der Waals surface area contributed by atoms with Crippen LogP contribution in [0.25, 0.3) is 0 Å². The van der Waals surface area contributed by atoms with Crippen LogP contribution in [0.4, 0.5) is 10.8 Å². The Morgan fingerprint density at radius 3 is 2.76 bits per heavy atom. The molecule has 5 nitrogen and oxygen atoms in total. The number of methoxy groups -OCH3 is 1. The number of rotatable bonds is 4. The zero-order chi connectivity index (χ0) is 12.3. The van der Waals surface area contributed by atoms with Gasteiger partial charge in [-0.15, -0.1) is 0 Å². The Bertz CT molecular complexity index is 484. The second-order valence-electron chi connectivity index (χ2n) is 3.91. The first kappa shape index (κ1) is 11.8. The maximum absolute atomic E-state index is 5.36. The van der Waals surface area contributed by atoms with Gasteiger partial charge < -0.3 is 10.1 Å². The number of hydrogen-bond donors (Lipinski definition) is 1. The van der Waals surface area contributed by atoms with Gasteiger partial charge in [-0.05, 0) is 28.8 Å². The Morgan fingerprint density at radius 2 is 2.18 bits per heavy atom. The number of anilines is 2. The van der Waals surface area contributed by atoms with E-state index in [-0.39, 0.29) is 0 Å². The van der Waals surface area contributed by atoms with Crippen molar-refractivity contribution >= 4 is 22.4 Å². The lowest BCUT2D eigenvalue weighted by molar-refractivity contribution is 0.416. The second kappa shape index (κ2) is 5.09. The van der Waals surface area contributed by atoms with E-state index in [1.807, 2.05) is 12.1 Å². The summed E-state index contributed by atoms with van der Waals surface area (Å²) in [5.41, 5.74) is 2.11. The largest absolute Gasteiger partial charge is 0.495 e. The highest BCUT2D eigenvalue weighted by Gasteiger charge is 2.08. The Kier molecular flexibility index (Phi) is 3.53. The van der Waals surface area contributed by atoms with Crippen molar-refractivity contribution in [1.29, 1.82) is 0 Å². The van der Waals surface area contributed by atoms with Crippen molar-refractivity contribution in [2.45, 2.75) is 19.8 Å². The first-order valence-electron chi connectivity index (χ1n) is 5.30. The third kappa shape index (κ3) is 2.71. The Hall–Kier alpha value is -1.69. The van der Waals surface area contributed by atoms with Crippen LogP contribution in [-0.2, 0) is 0 Å². The standard InChI is InChI=1S/C11H14N4OS/c1-7(2)8-4-5-9(10(6-8)16-3)12-11-13-14-15-17-11/h4-7H,1-3H3,(H,12,13,15). The molecule has 0 unspecified atom stereocenters. The lowest BCUT2D eigenvalue weighted by Crippen LogP contribution is -1.96. The predicted molar refractivity (Wildman–Crippen MR) is 68.1 cm³/mol. The number of ether oxygens (including phenoxy) is 1. The van der Waals surface area contributed by atoms with Gasteiger partial charge in [0.05, 0.1) is 12.8 Å². The van der Waals surface area contributed by atoms with Crippen molar-refractivity contribution in [3.63, 3.8) is 0 Å². The molecule has 1 N–H and O–H groups in total. The summed E-state index contributed by atoms with van der Waals surface area (Å²) >= 11 is 1.21. The molecule has 1 aromatic heterocycles. The first-order valence-corrected chi connectivity index (χ1v) is 6.08. The van der Waals surface area contributed by atoms with Crippen LogP contribution in [0, 0.1) is 0 Å².